The van der Waals surface area contributed by atoms with Crippen LogP contribution in [0.5, 0.6) is 5.75 Å². The molecule has 21 heavy (non-hydrogen) atoms. The Bertz CT molecular complexity index is 735. The second kappa shape index (κ2) is 5.87. The summed E-state index contributed by atoms with van der Waals surface area (Å²) in [5, 5.41) is 11.7. The molecular weight excluding hydrogens is 262 g/mol. The van der Waals surface area contributed by atoms with Gasteiger partial charge in [0.15, 0.2) is 0 Å². The van der Waals surface area contributed by atoms with Crippen LogP contribution in [-0.4, -0.2) is 16.8 Å². The fraction of sp³-hybridized carbons (Fsp3) is 0.235. The Morgan fingerprint density at radius 3 is 2.95 bits per heavy atom. The quantitative estimate of drug-likeness (QED) is 0.739. The predicted octanol–water partition coefficient (Wildman–Crippen LogP) is 4.13. The van der Waals surface area contributed by atoms with Gasteiger partial charge < -0.3 is 10.1 Å². The molecule has 0 aliphatic carbocycles. The van der Waals surface area contributed by atoms with Crippen LogP contribution in [0.2, 0.25) is 0 Å². The fourth-order valence-electron chi connectivity index (χ4n) is 2.48. The van der Waals surface area contributed by atoms with Crippen molar-refractivity contribution >= 4 is 16.6 Å². The number of rotatable bonds is 5. The topological polar surface area (TPSA) is 49.9 Å². The highest BCUT2D eigenvalue weighted by molar-refractivity contribution is 5.81. The highest BCUT2D eigenvalue weighted by Crippen LogP contribution is 2.28. The summed E-state index contributed by atoms with van der Waals surface area (Å²) in [6, 6.07) is 14.5. The molecular formula is C17H19N3O. The van der Waals surface area contributed by atoms with Crippen molar-refractivity contribution < 1.29 is 4.74 Å². The lowest BCUT2D eigenvalue weighted by molar-refractivity contribution is 0.335. The first kappa shape index (κ1) is 13.5. The number of para-hydroxylation sites is 1. The van der Waals surface area contributed by atoms with Crippen molar-refractivity contribution in [1.29, 1.82) is 0 Å². The summed E-state index contributed by atoms with van der Waals surface area (Å²) >= 11 is 0. The van der Waals surface area contributed by atoms with Crippen LogP contribution < -0.4 is 10.1 Å². The summed E-state index contributed by atoms with van der Waals surface area (Å²) in [6.45, 7) is 4.81. The van der Waals surface area contributed by atoms with Gasteiger partial charge >= 0.3 is 0 Å². The van der Waals surface area contributed by atoms with E-state index in [-0.39, 0.29) is 6.04 Å². The van der Waals surface area contributed by atoms with E-state index in [1.165, 1.54) is 0 Å². The number of hydrogen-bond acceptors (Lipinski definition) is 3. The molecule has 0 saturated carbocycles. The lowest BCUT2D eigenvalue weighted by Gasteiger charge is -2.19. The van der Waals surface area contributed by atoms with E-state index in [4.69, 9.17) is 4.74 Å². The van der Waals surface area contributed by atoms with Crippen LogP contribution in [0.15, 0.2) is 48.7 Å². The van der Waals surface area contributed by atoms with Crippen molar-refractivity contribution in [2.45, 2.75) is 19.9 Å². The van der Waals surface area contributed by atoms with E-state index in [1.54, 1.807) is 0 Å². The number of hydrogen-bond donors (Lipinski definition) is 2. The maximum Gasteiger partial charge on any atom is 0.124 e. The second-order valence-electron chi connectivity index (χ2n) is 5.01. The number of benzene rings is 2. The van der Waals surface area contributed by atoms with Gasteiger partial charge in [0.25, 0.3) is 0 Å². The third kappa shape index (κ3) is 2.84. The summed E-state index contributed by atoms with van der Waals surface area (Å²) in [6.07, 6.45) is 1.83. The molecule has 0 saturated heterocycles. The van der Waals surface area contributed by atoms with Crippen molar-refractivity contribution in [2.24, 2.45) is 0 Å². The Kier molecular flexibility index (Phi) is 3.77. The monoisotopic (exact) mass is 281 g/mol. The van der Waals surface area contributed by atoms with Gasteiger partial charge in [0.05, 0.1) is 24.4 Å². The normalized spacial score (nSPS) is 12.3. The summed E-state index contributed by atoms with van der Waals surface area (Å²) in [4.78, 5) is 0. The summed E-state index contributed by atoms with van der Waals surface area (Å²) in [5.74, 6) is 0.933. The van der Waals surface area contributed by atoms with Crippen molar-refractivity contribution in [1.82, 2.24) is 10.2 Å². The van der Waals surface area contributed by atoms with Gasteiger partial charge in [-0.25, -0.2) is 0 Å². The Hall–Kier alpha value is -2.49. The summed E-state index contributed by atoms with van der Waals surface area (Å²) < 4.78 is 5.70. The van der Waals surface area contributed by atoms with Crippen molar-refractivity contribution in [3.8, 4) is 5.75 Å². The standard InChI is InChI=1S/C17H19N3O/c1-3-21-17-7-5-4-6-15(17)12(2)19-14-9-8-13-11-18-20-16(13)10-14/h4-12,19H,3H2,1-2H3,(H,18,20). The zero-order chi connectivity index (χ0) is 14.7. The maximum atomic E-state index is 5.70. The van der Waals surface area contributed by atoms with Crippen LogP contribution in [0.3, 0.4) is 0 Å². The van der Waals surface area contributed by atoms with Crippen molar-refractivity contribution in [2.75, 3.05) is 11.9 Å². The number of H-pyrrole nitrogens is 1. The number of aromatic nitrogens is 2. The van der Waals surface area contributed by atoms with Gasteiger partial charge in [-0.2, -0.15) is 5.10 Å². The summed E-state index contributed by atoms with van der Waals surface area (Å²) in [5.41, 5.74) is 3.25. The molecule has 1 unspecified atom stereocenters. The van der Waals surface area contributed by atoms with E-state index in [1.807, 2.05) is 31.3 Å². The van der Waals surface area contributed by atoms with Crippen molar-refractivity contribution in [3.05, 3.63) is 54.2 Å². The number of fused-ring (bicyclic) bond motifs is 1. The van der Waals surface area contributed by atoms with Crippen LogP contribution in [0.4, 0.5) is 5.69 Å². The minimum Gasteiger partial charge on any atom is -0.494 e. The number of ether oxygens (including phenoxy) is 1. The Balaban J connectivity index is 1.83. The van der Waals surface area contributed by atoms with Crippen LogP contribution in [0.25, 0.3) is 10.9 Å². The molecule has 0 aliphatic rings. The predicted molar refractivity (Wildman–Crippen MR) is 85.7 cm³/mol. The average Bonchev–Trinajstić information content (AvgIpc) is 2.95. The molecule has 3 aromatic rings. The Morgan fingerprint density at radius 2 is 2.10 bits per heavy atom. The zero-order valence-corrected chi connectivity index (χ0v) is 12.3. The average molecular weight is 281 g/mol. The molecule has 1 atom stereocenters. The van der Waals surface area contributed by atoms with Crippen LogP contribution >= 0.6 is 0 Å². The molecule has 0 radical (unpaired) electrons. The Morgan fingerprint density at radius 1 is 1.24 bits per heavy atom. The van der Waals surface area contributed by atoms with Crippen LogP contribution in [0.1, 0.15) is 25.5 Å². The Labute approximate surface area is 124 Å². The molecule has 2 N–H and O–H groups in total. The highest BCUT2D eigenvalue weighted by Gasteiger charge is 2.11. The highest BCUT2D eigenvalue weighted by atomic mass is 16.5. The van der Waals surface area contributed by atoms with Gasteiger partial charge in [-0.1, -0.05) is 18.2 Å². The summed E-state index contributed by atoms with van der Waals surface area (Å²) in [7, 11) is 0. The molecule has 4 nitrogen and oxygen atoms in total. The minimum atomic E-state index is 0.160. The largest absolute Gasteiger partial charge is 0.494 e. The van der Waals surface area contributed by atoms with Gasteiger partial charge in [0, 0.05) is 16.6 Å². The minimum absolute atomic E-state index is 0.160. The van der Waals surface area contributed by atoms with E-state index in [2.05, 4.69) is 46.7 Å². The third-order valence-electron chi connectivity index (χ3n) is 3.51. The zero-order valence-electron chi connectivity index (χ0n) is 12.3. The molecule has 0 bridgehead atoms. The first-order valence-electron chi connectivity index (χ1n) is 7.19. The first-order valence-corrected chi connectivity index (χ1v) is 7.19. The lowest BCUT2D eigenvalue weighted by atomic mass is 10.1. The molecule has 3 rings (SSSR count). The SMILES string of the molecule is CCOc1ccccc1C(C)Nc1ccc2cn[nH]c2c1. The third-order valence-corrected chi connectivity index (χ3v) is 3.51. The molecule has 0 spiro atoms. The van der Waals surface area contributed by atoms with E-state index in [0.717, 1.165) is 27.9 Å². The molecule has 0 amide bonds. The second-order valence-corrected chi connectivity index (χ2v) is 5.01. The van der Waals surface area contributed by atoms with Gasteiger partial charge in [-0.05, 0) is 38.1 Å². The molecule has 108 valence electrons. The fourth-order valence-corrected chi connectivity index (χ4v) is 2.48. The molecule has 1 heterocycles. The van der Waals surface area contributed by atoms with E-state index in [9.17, 15) is 0 Å². The van der Waals surface area contributed by atoms with Crippen molar-refractivity contribution in [3.63, 3.8) is 0 Å². The molecule has 1 aromatic heterocycles. The lowest BCUT2D eigenvalue weighted by Crippen LogP contribution is -2.08. The first-order chi connectivity index (χ1) is 10.3. The number of aromatic amines is 1. The maximum absolute atomic E-state index is 5.70. The molecule has 4 heteroatoms. The molecule has 0 aliphatic heterocycles. The number of nitrogens with one attached hydrogen (secondary N) is 2. The van der Waals surface area contributed by atoms with E-state index in [0.29, 0.717) is 6.61 Å². The molecule has 2 aromatic carbocycles. The van der Waals surface area contributed by atoms with Gasteiger partial charge in [-0.3, -0.25) is 5.10 Å². The van der Waals surface area contributed by atoms with Gasteiger partial charge in [-0.15, -0.1) is 0 Å². The number of anilines is 1. The van der Waals surface area contributed by atoms with E-state index >= 15 is 0 Å². The molecule has 0 fully saturated rings. The number of nitrogens with zero attached hydrogens (tertiary/aromatic N) is 1. The smallest absolute Gasteiger partial charge is 0.124 e. The van der Waals surface area contributed by atoms with Crippen LogP contribution in [-0.2, 0) is 0 Å². The van der Waals surface area contributed by atoms with Gasteiger partial charge in [0.2, 0.25) is 0 Å². The van der Waals surface area contributed by atoms with E-state index < -0.39 is 0 Å². The van der Waals surface area contributed by atoms with Gasteiger partial charge in [0.1, 0.15) is 5.75 Å². The van der Waals surface area contributed by atoms with Crippen LogP contribution in [0, 0.1) is 0 Å².